The molecule has 44 heavy (non-hydrogen) atoms. The van der Waals surface area contributed by atoms with E-state index in [1.807, 2.05) is 49.5 Å². The molecule has 0 unspecified atom stereocenters. The molecule has 1 saturated heterocycles. The van der Waals surface area contributed by atoms with Gasteiger partial charge in [-0.3, -0.25) is 14.1 Å². The fraction of sp³-hybridized carbons (Fsp3) is 0.429. The lowest BCUT2D eigenvalue weighted by Gasteiger charge is -2.32. The standard InChI is InChI=1S/C35H42N6O3/c1-6-30(42)22-18-23(35(2,3)4)20-24(19-22)36-34(43)37-28-14-15-31(27-11-8-7-10-26(27)28)44-25-13-16-32-38-39-33(41(32)21-25)29-12-9-17-40(29)5/h7-8,10-11,13,16,18-21,28-29,31H,6,9,12,14-15,17H2,1-5H3,(H2,36,37,43)/t28-,29-,31+/m0/s1. The maximum absolute atomic E-state index is 13.3. The van der Waals surface area contributed by atoms with Crippen molar-refractivity contribution in [2.75, 3.05) is 18.9 Å². The van der Waals surface area contributed by atoms with Crippen molar-refractivity contribution in [1.29, 1.82) is 0 Å². The number of urea groups is 1. The number of carbonyl (C=O) groups excluding carboxylic acids is 2. The van der Waals surface area contributed by atoms with Crippen molar-refractivity contribution in [3.63, 3.8) is 0 Å². The number of aromatic nitrogens is 3. The van der Waals surface area contributed by atoms with Crippen LogP contribution < -0.4 is 15.4 Å². The number of likely N-dealkylation sites (tertiary alicyclic amines) is 1. The maximum Gasteiger partial charge on any atom is 0.319 e. The summed E-state index contributed by atoms with van der Waals surface area (Å²) in [6, 6.07) is 17.5. The Morgan fingerprint density at radius 2 is 1.80 bits per heavy atom. The summed E-state index contributed by atoms with van der Waals surface area (Å²) in [7, 11) is 2.14. The molecule has 230 valence electrons. The molecule has 3 atom stereocenters. The molecule has 1 aliphatic heterocycles. The van der Waals surface area contributed by atoms with Crippen molar-refractivity contribution in [2.24, 2.45) is 0 Å². The number of hydrogen-bond donors (Lipinski definition) is 2. The highest BCUT2D eigenvalue weighted by molar-refractivity contribution is 5.98. The van der Waals surface area contributed by atoms with Gasteiger partial charge in [-0.05, 0) is 91.7 Å². The molecule has 9 heteroatoms. The molecule has 0 spiro atoms. The number of Topliss-reactive ketones (excluding diaryl/α,β-unsaturated/α-hetero) is 1. The fourth-order valence-corrected chi connectivity index (χ4v) is 6.43. The molecule has 3 heterocycles. The quantitative estimate of drug-likeness (QED) is 0.220. The van der Waals surface area contributed by atoms with E-state index in [1.165, 1.54) is 0 Å². The predicted molar refractivity (Wildman–Crippen MR) is 171 cm³/mol. The number of fused-ring (bicyclic) bond motifs is 2. The second-order valence-electron chi connectivity index (χ2n) is 13.1. The minimum Gasteiger partial charge on any atom is -0.484 e. The lowest BCUT2D eigenvalue weighted by atomic mass is 9.85. The SMILES string of the molecule is CCC(=O)c1cc(NC(=O)N[C@H]2CC[C@@H](Oc3ccc4nnc([C@@H]5CCCN5C)n4c3)c3ccccc32)cc(C(C)(C)C)c1. The van der Waals surface area contributed by atoms with Crippen molar-refractivity contribution >= 4 is 23.1 Å². The molecule has 2 N–H and O–H groups in total. The van der Waals surface area contributed by atoms with E-state index in [0.29, 0.717) is 17.7 Å². The van der Waals surface area contributed by atoms with E-state index in [4.69, 9.17) is 4.74 Å². The van der Waals surface area contributed by atoms with Gasteiger partial charge in [0.05, 0.1) is 18.3 Å². The molecule has 4 aromatic rings. The van der Waals surface area contributed by atoms with Gasteiger partial charge < -0.3 is 15.4 Å². The molecule has 0 saturated carbocycles. The van der Waals surface area contributed by atoms with Crippen LogP contribution in [0.15, 0.2) is 60.8 Å². The van der Waals surface area contributed by atoms with Gasteiger partial charge in [-0.2, -0.15) is 0 Å². The van der Waals surface area contributed by atoms with Crippen LogP contribution in [-0.4, -0.2) is 44.9 Å². The number of ketones is 1. The number of rotatable bonds is 7. The van der Waals surface area contributed by atoms with Crippen molar-refractivity contribution in [3.8, 4) is 5.75 Å². The average molecular weight is 595 g/mol. The summed E-state index contributed by atoms with van der Waals surface area (Å²) in [5, 5.41) is 15.1. The van der Waals surface area contributed by atoms with E-state index in [2.05, 4.69) is 70.1 Å². The van der Waals surface area contributed by atoms with Crippen molar-refractivity contribution in [1.82, 2.24) is 24.8 Å². The van der Waals surface area contributed by atoms with E-state index in [0.717, 1.165) is 66.1 Å². The third-order valence-electron chi connectivity index (χ3n) is 8.94. The zero-order valence-corrected chi connectivity index (χ0v) is 26.3. The molecular formula is C35H42N6O3. The van der Waals surface area contributed by atoms with Crippen LogP contribution in [0.5, 0.6) is 5.75 Å². The number of pyridine rings is 1. The Morgan fingerprint density at radius 3 is 2.52 bits per heavy atom. The molecule has 2 aromatic heterocycles. The Morgan fingerprint density at radius 1 is 1.00 bits per heavy atom. The molecule has 2 amide bonds. The Labute approximate surface area is 259 Å². The monoisotopic (exact) mass is 594 g/mol. The highest BCUT2D eigenvalue weighted by Crippen LogP contribution is 2.39. The van der Waals surface area contributed by atoms with E-state index in [9.17, 15) is 9.59 Å². The summed E-state index contributed by atoms with van der Waals surface area (Å²) in [5.74, 6) is 1.76. The van der Waals surface area contributed by atoms with Gasteiger partial charge in [-0.1, -0.05) is 52.0 Å². The zero-order chi connectivity index (χ0) is 31.0. The molecule has 9 nitrogen and oxygen atoms in total. The first-order valence-electron chi connectivity index (χ1n) is 15.7. The van der Waals surface area contributed by atoms with Crippen LogP contribution in [0, 0.1) is 0 Å². The van der Waals surface area contributed by atoms with E-state index < -0.39 is 0 Å². The maximum atomic E-state index is 13.3. The van der Waals surface area contributed by atoms with Gasteiger partial charge in [0.1, 0.15) is 11.9 Å². The number of anilines is 1. The Kier molecular flexibility index (Phi) is 8.16. The molecule has 6 rings (SSSR count). The lowest BCUT2D eigenvalue weighted by molar-refractivity contribution is 0.0988. The van der Waals surface area contributed by atoms with Gasteiger partial charge in [0.2, 0.25) is 0 Å². The summed E-state index contributed by atoms with van der Waals surface area (Å²) in [5.41, 5.74) is 4.99. The van der Waals surface area contributed by atoms with Crippen LogP contribution in [0.1, 0.15) is 111 Å². The number of nitrogens with zero attached hydrogens (tertiary/aromatic N) is 4. The first-order chi connectivity index (χ1) is 21.1. The Bertz CT molecular complexity index is 1690. The zero-order valence-electron chi connectivity index (χ0n) is 26.3. The van der Waals surface area contributed by atoms with Crippen LogP contribution in [0.3, 0.4) is 0 Å². The number of benzene rings is 2. The second-order valence-corrected chi connectivity index (χ2v) is 13.1. The van der Waals surface area contributed by atoms with E-state index in [-0.39, 0.29) is 35.4 Å². The van der Waals surface area contributed by atoms with Gasteiger partial charge in [0, 0.05) is 17.7 Å². The molecule has 2 aliphatic rings. The number of nitrogens with one attached hydrogen (secondary N) is 2. The Balaban J connectivity index is 1.19. The minimum atomic E-state index is -0.299. The molecule has 0 bridgehead atoms. The van der Waals surface area contributed by atoms with Crippen LogP contribution in [0.4, 0.5) is 10.5 Å². The van der Waals surface area contributed by atoms with Gasteiger partial charge >= 0.3 is 6.03 Å². The largest absolute Gasteiger partial charge is 0.484 e. The van der Waals surface area contributed by atoms with Crippen LogP contribution in [0.2, 0.25) is 0 Å². The number of hydrogen-bond acceptors (Lipinski definition) is 6. The summed E-state index contributed by atoms with van der Waals surface area (Å²) in [6.45, 7) is 9.21. The van der Waals surface area contributed by atoms with Gasteiger partial charge in [-0.25, -0.2) is 4.79 Å². The predicted octanol–water partition coefficient (Wildman–Crippen LogP) is 7.16. The molecule has 1 aliphatic carbocycles. The summed E-state index contributed by atoms with van der Waals surface area (Å²) < 4.78 is 8.65. The van der Waals surface area contributed by atoms with Crippen molar-refractivity contribution in [2.45, 2.75) is 83.4 Å². The number of ether oxygens (including phenoxy) is 1. The van der Waals surface area contributed by atoms with E-state index in [1.54, 1.807) is 6.07 Å². The first kappa shape index (κ1) is 29.8. The second kappa shape index (κ2) is 12.0. The van der Waals surface area contributed by atoms with Crippen LogP contribution >= 0.6 is 0 Å². The third kappa shape index (κ3) is 6.06. The smallest absolute Gasteiger partial charge is 0.319 e. The Hall–Kier alpha value is -4.24. The summed E-state index contributed by atoms with van der Waals surface area (Å²) in [6.07, 6.45) is 5.96. The van der Waals surface area contributed by atoms with Crippen LogP contribution in [0.25, 0.3) is 5.65 Å². The first-order valence-corrected chi connectivity index (χ1v) is 15.7. The molecule has 1 fully saturated rings. The van der Waals surface area contributed by atoms with Gasteiger partial charge in [0.15, 0.2) is 17.3 Å². The number of carbonyl (C=O) groups is 2. The van der Waals surface area contributed by atoms with Crippen molar-refractivity contribution in [3.05, 3.63) is 88.9 Å². The van der Waals surface area contributed by atoms with Gasteiger partial charge in [-0.15, -0.1) is 10.2 Å². The highest BCUT2D eigenvalue weighted by atomic mass is 16.5. The van der Waals surface area contributed by atoms with Gasteiger partial charge in [0.25, 0.3) is 0 Å². The fourth-order valence-electron chi connectivity index (χ4n) is 6.43. The summed E-state index contributed by atoms with van der Waals surface area (Å²) in [4.78, 5) is 28.1. The third-order valence-corrected chi connectivity index (χ3v) is 8.94. The molecule has 2 aromatic carbocycles. The van der Waals surface area contributed by atoms with E-state index >= 15 is 0 Å². The minimum absolute atomic E-state index is 0.0531. The van der Waals surface area contributed by atoms with Crippen molar-refractivity contribution < 1.29 is 14.3 Å². The average Bonchev–Trinajstić information content (AvgIpc) is 3.62. The lowest BCUT2D eigenvalue weighted by Crippen LogP contribution is -2.35. The molecular weight excluding hydrogens is 552 g/mol. The normalized spacial score (nSPS) is 20.3. The van der Waals surface area contributed by atoms with Crippen LogP contribution in [-0.2, 0) is 5.41 Å². The molecule has 0 radical (unpaired) electrons. The topological polar surface area (TPSA) is 101 Å². The highest BCUT2D eigenvalue weighted by Gasteiger charge is 2.31. The number of amides is 2. The summed E-state index contributed by atoms with van der Waals surface area (Å²) >= 11 is 0.